The normalized spacial score (nSPS) is 23.9. The Labute approximate surface area is 189 Å². The van der Waals surface area contributed by atoms with Crippen LogP contribution in [0.3, 0.4) is 0 Å². The number of halogens is 3. The van der Waals surface area contributed by atoms with Crippen LogP contribution < -0.4 is 9.64 Å². The van der Waals surface area contributed by atoms with Crippen molar-refractivity contribution in [2.45, 2.75) is 36.9 Å². The van der Waals surface area contributed by atoms with Crippen LogP contribution in [0.25, 0.3) is 0 Å². The molecule has 33 heavy (non-hydrogen) atoms. The van der Waals surface area contributed by atoms with Crippen molar-refractivity contribution in [1.82, 2.24) is 4.31 Å². The Hall–Kier alpha value is -2.79. The van der Waals surface area contributed by atoms with Gasteiger partial charge in [0.1, 0.15) is 11.7 Å². The van der Waals surface area contributed by atoms with Crippen molar-refractivity contribution in [2.24, 2.45) is 0 Å². The number of fused-ring (bicyclic) bond motifs is 1. The molecule has 1 N–H and O–H groups in total. The molecule has 1 aliphatic heterocycles. The first kappa shape index (κ1) is 23.4. The third-order valence-electron chi connectivity index (χ3n) is 6.16. The number of anilines is 1. The molecule has 1 saturated heterocycles. The summed E-state index contributed by atoms with van der Waals surface area (Å²) in [4.78, 5) is 13.8. The molecule has 2 aromatic rings. The summed E-state index contributed by atoms with van der Waals surface area (Å²) in [5, 5.41) is 8.69. The number of ether oxygens (including phenoxy) is 1. The van der Waals surface area contributed by atoms with Crippen LogP contribution in [0.4, 0.5) is 18.9 Å². The number of aliphatic carboxylic acids is 1. The van der Waals surface area contributed by atoms with Gasteiger partial charge < -0.3 is 14.7 Å². The maximum atomic E-state index is 13.5. The van der Waals surface area contributed by atoms with Gasteiger partial charge in [-0.1, -0.05) is 24.3 Å². The lowest BCUT2D eigenvalue weighted by molar-refractivity contribution is -0.274. The number of piperazine rings is 1. The van der Waals surface area contributed by atoms with Gasteiger partial charge in [0.15, 0.2) is 0 Å². The Morgan fingerprint density at radius 3 is 2.36 bits per heavy atom. The van der Waals surface area contributed by atoms with Gasteiger partial charge in [0.2, 0.25) is 10.0 Å². The number of sulfonamides is 1. The van der Waals surface area contributed by atoms with E-state index in [2.05, 4.69) is 4.74 Å². The van der Waals surface area contributed by atoms with Gasteiger partial charge in [0, 0.05) is 31.4 Å². The Morgan fingerprint density at radius 2 is 1.76 bits per heavy atom. The van der Waals surface area contributed by atoms with E-state index in [0.29, 0.717) is 24.3 Å². The van der Waals surface area contributed by atoms with Crippen LogP contribution in [-0.4, -0.2) is 61.1 Å². The molecule has 0 aromatic heterocycles. The summed E-state index contributed by atoms with van der Waals surface area (Å²) in [6.45, 7) is 2.52. The van der Waals surface area contributed by atoms with Crippen LogP contribution in [-0.2, 0) is 21.2 Å². The van der Waals surface area contributed by atoms with Crippen molar-refractivity contribution < 1.29 is 36.2 Å². The zero-order valence-corrected chi connectivity index (χ0v) is 18.5. The number of hydrogen-bond donors (Lipinski definition) is 1. The molecule has 3 atom stereocenters. The summed E-state index contributed by atoms with van der Waals surface area (Å²) in [6, 6.07) is 11.8. The van der Waals surface area contributed by atoms with Crippen LogP contribution in [0.1, 0.15) is 24.0 Å². The van der Waals surface area contributed by atoms with Crippen LogP contribution >= 0.6 is 0 Å². The summed E-state index contributed by atoms with van der Waals surface area (Å²) in [5.74, 6) is -2.63. The van der Waals surface area contributed by atoms with Gasteiger partial charge in [0.05, 0.1) is 5.25 Å². The lowest BCUT2D eigenvalue weighted by Gasteiger charge is -2.41. The molecule has 2 unspecified atom stereocenters. The van der Waals surface area contributed by atoms with E-state index in [1.54, 1.807) is 31.2 Å². The van der Waals surface area contributed by atoms with Crippen molar-refractivity contribution in [2.75, 3.05) is 24.5 Å². The highest BCUT2D eigenvalue weighted by atomic mass is 32.2. The summed E-state index contributed by atoms with van der Waals surface area (Å²) in [7, 11) is -3.92. The zero-order valence-electron chi connectivity index (χ0n) is 17.7. The van der Waals surface area contributed by atoms with Gasteiger partial charge in [0.25, 0.3) is 0 Å². The van der Waals surface area contributed by atoms with E-state index in [0.717, 1.165) is 5.56 Å². The number of rotatable bonds is 5. The predicted octanol–water partition coefficient (Wildman–Crippen LogP) is 3.22. The third kappa shape index (κ3) is 4.65. The van der Waals surface area contributed by atoms with Crippen molar-refractivity contribution in [1.29, 1.82) is 0 Å². The fourth-order valence-electron chi connectivity index (χ4n) is 4.71. The highest BCUT2D eigenvalue weighted by molar-refractivity contribution is 7.89. The van der Waals surface area contributed by atoms with Crippen LogP contribution in [0.5, 0.6) is 5.75 Å². The molecule has 0 amide bonds. The van der Waals surface area contributed by atoms with Crippen molar-refractivity contribution >= 4 is 21.7 Å². The molecular formula is C22H23F3N2O5S. The van der Waals surface area contributed by atoms with Gasteiger partial charge in [-0.2, -0.15) is 4.31 Å². The van der Waals surface area contributed by atoms with E-state index < -0.39 is 39.6 Å². The lowest BCUT2D eigenvalue weighted by Crippen LogP contribution is -2.56. The molecule has 7 nitrogen and oxygen atoms in total. The molecule has 4 rings (SSSR count). The Morgan fingerprint density at radius 1 is 1.09 bits per heavy atom. The average Bonchev–Trinajstić information content (AvgIpc) is 3.14. The van der Waals surface area contributed by atoms with E-state index >= 15 is 0 Å². The molecule has 1 heterocycles. The van der Waals surface area contributed by atoms with E-state index in [1.807, 2.05) is 4.90 Å². The van der Waals surface area contributed by atoms with Crippen LogP contribution in [0, 0.1) is 0 Å². The number of alkyl halides is 3. The third-order valence-corrected chi connectivity index (χ3v) is 8.56. The molecular weight excluding hydrogens is 461 g/mol. The summed E-state index contributed by atoms with van der Waals surface area (Å²) >= 11 is 0. The second kappa shape index (κ2) is 8.53. The van der Waals surface area contributed by atoms with Gasteiger partial charge in [-0.15, -0.1) is 13.2 Å². The molecule has 0 spiro atoms. The second-order valence-corrected chi connectivity index (χ2v) is 10.4. The highest BCUT2D eigenvalue weighted by Gasteiger charge is 2.48. The van der Waals surface area contributed by atoms with Crippen molar-refractivity contribution in [3.63, 3.8) is 0 Å². The Balaban J connectivity index is 1.49. The van der Waals surface area contributed by atoms with Crippen molar-refractivity contribution in [3.05, 3.63) is 59.7 Å². The topological polar surface area (TPSA) is 87.2 Å². The molecule has 2 aliphatic rings. The number of nitrogens with zero attached hydrogens (tertiary/aromatic N) is 2. The molecule has 0 radical (unpaired) electrons. The number of carboxylic acids is 1. The second-order valence-electron chi connectivity index (χ2n) is 8.25. The molecule has 0 saturated carbocycles. The maximum Gasteiger partial charge on any atom is 0.573 e. The molecule has 0 bridgehead atoms. The lowest BCUT2D eigenvalue weighted by atomic mass is 10.0. The zero-order chi connectivity index (χ0) is 24.0. The summed E-state index contributed by atoms with van der Waals surface area (Å²) in [6.07, 6.45) is -4.63. The van der Waals surface area contributed by atoms with E-state index in [9.17, 15) is 31.5 Å². The fourth-order valence-corrected chi connectivity index (χ4v) is 6.96. The standard InChI is InChI=1S/C22H23F3N2O5S/c1-14-13-26(16-6-8-17(9-7-16)32-22(23,24)25)10-11-27(14)33(30,31)19-12-15-4-2-3-5-18(15)20(19)21(28)29/h2-9,14,19-20H,10-13H2,1H3,(H,28,29)/t14?,19-,20?/m0/s1. The van der Waals surface area contributed by atoms with E-state index in [4.69, 9.17) is 0 Å². The first-order valence-electron chi connectivity index (χ1n) is 10.4. The Kier molecular flexibility index (Phi) is 6.04. The minimum Gasteiger partial charge on any atom is -0.481 e. The van der Waals surface area contributed by atoms with Gasteiger partial charge >= 0.3 is 12.3 Å². The molecule has 1 fully saturated rings. The predicted molar refractivity (Wildman–Crippen MR) is 115 cm³/mol. The van der Waals surface area contributed by atoms with E-state index in [1.165, 1.54) is 28.6 Å². The highest BCUT2D eigenvalue weighted by Crippen LogP contribution is 2.39. The van der Waals surface area contributed by atoms with Crippen molar-refractivity contribution in [3.8, 4) is 5.75 Å². The van der Waals surface area contributed by atoms with Gasteiger partial charge in [-0.3, -0.25) is 4.79 Å². The average molecular weight is 484 g/mol. The molecule has 11 heteroatoms. The maximum absolute atomic E-state index is 13.5. The van der Waals surface area contributed by atoms with Gasteiger partial charge in [-0.05, 0) is 48.7 Å². The summed E-state index contributed by atoms with van der Waals surface area (Å²) in [5.41, 5.74) is 1.90. The first-order chi connectivity index (χ1) is 15.5. The number of benzene rings is 2. The molecule has 2 aromatic carbocycles. The Bertz CT molecular complexity index is 1140. The summed E-state index contributed by atoms with van der Waals surface area (Å²) < 4.78 is 69.4. The SMILES string of the molecule is CC1CN(c2ccc(OC(F)(F)F)cc2)CCN1S(=O)(=O)[C@H]1Cc2ccccc2C1C(=O)O. The quantitative estimate of drug-likeness (QED) is 0.702. The number of hydrogen-bond acceptors (Lipinski definition) is 5. The number of carboxylic acid groups (broad SMARTS) is 1. The molecule has 1 aliphatic carbocycles. The minimum atomic E-state index is -4.77. The van der Waals surface area contributed by atoms with Crippen LogP contribution in [0.2, 0.25) is 0 Å². The fraction of sp³-hybridized carbons (Fsp3) is 0.409. The number of carbonyl (C=O) groups is 1. The van der Waals surface area contributed by atoms with Gasteiger partial charge in [-0.25, -0.2) is 8.42 Å². The first-order valence-corrected chi connectivity index (χ1v) is 11.9. The minimum absolute atomic E-state index is 0.142. The monoisotopic (exact) mass is 484 g/mol. The smallest absolute Gasteiger partial charge is 0.481 e. The van der Waals surface area contributed by atoms with E-state index in [-0.39, 0.29) is 18.7 Å². The van der Waals surface area contributed by atoms with Crippen LogP contribution in [0.15, 0.2) is 48.5 Å². The largest absolute Gasteiger partial charge is 0.573 e. The molecule has 178 valence electrons.